The van der Waals surface area contributed by atoms with Crippen molar-refractivity contribution in [2.24, 2.45) is 0 Å². The van der Waals surface area contributed by atoms with Gasteiger partial charge in [0.2, 0.25) is 0 Å². The summed E-state index contributed by atoms with van der Waals surface area (Å²) in [4.78, 5) is 5.94. The standard InChI is InChI=1S/C18H27N3/c1-2-21-12-5-6-16(10-13-21)19-11-9-15-14-20-18-8-4-3-7-17(15)18/h3-4,7-8,14,16,19-20H,2,5-6,9-13H2,1H3. The molecule has 2 aromatic rings. The van der Waals surface area contributed by atoms with E-state index in [2.05, 4.69) is 52.6 Å². The van der Waals surface area contributed by atoms with Crippen LogP contribution in [0.1, 0.15) is 31.7 Å². The summed E-state index contributed by atoms with van der Waals surface area (Å²) in [5, 5.41) is 5.14. The highest BCUT2D eigenvalue weighted by Crippen LogP contribution is 2.18. The molecular formula is C18H27N3. The molecule has 21 heavy (non-hydrogen) atoms. The van der Waals surface area contributed by atoms with Gasteiger partial charge in [0.1, 0.15) is 0 Å². The molecule has 0 amide bonds. The van der Waals surface area contributed by atoms with Gasteiger partial charge in [-0.15, -0.1) is 0 Å². The summed E-state index contributed by atoms with van der Waals surface area (Å²) < 4.78 is 0. The zero-order valence-electron chi connectivity index (χ0n) is 13.1. The smallest absolute Gasteiger partial charge is 0.0456 e. The van der Waals surface area contributed by atoms with E-state index in [0.29, 0.717) is 6.04 Å². The van der Waals surface area contributed by atoms with Crippen molar-refractivity contribution in [2.45, 2.75) is 38.6 Å². The average molecular weight is 285 g/mol. The molecule has 0 bridgehead atoms. The van der Waals surface area contributed by atoms with E-state index in [1.807, 2.05) is 0 Å². The van der Waals surface area contributed by atoms with Crippen molar-refractivity contribution in [1.29, 1.82) is 0 Å². The summed E-state index contributed by atoms with van der Waals surface area (Å²) in [6.45, 7) is 7.07. The Bertz CT molecular complexity index is 560. The number of hydrogen-bond donors (Lipinski definition) is 2. The number of aromatic amines is 1. The van der Waals surface area contributed by atoms with Crippen molar-refractivity contribution in [3.8, 4) is 0 Å². The molecule has 0 radical (unpaired) electrons. The summed E-state index contributed by atoms with van der Waals surface area (Å²) in [6, 6.07) is 9.28. The molecule has 0 spiro atoms. The van der Waals surface area contributed by atoms with Crippen molar-refractivity contribution in [3.05, 3.63) is 36.0 Å². The number of nitrogens with zero attached hydrogens (tertiary/aromatic N) is 1. The Hall–Kier alpha value is -1.32. The van der Waals surface area contributed by atoms with Gasteiger partial charge in [-0.3, -0.25) is 0 Å². The van der Waals surface area contributed by atoms with Crippen LogP contribution in [0.25, 0.3) is 10.9 Å². The van der Waals surface area contributed by atoms with Crippen LogP contribution in [0, 0.1) is 0 Å². The van der Waals surface area contributed by atoms with Crippen LogP contribution in [0.5, 0.6) is 0 Å². The zero-order chi connectivity index (χ0) is 14.5. The summed E-state index contributed by atoms with van der Waals surface area (Å²) in [6.07, 6.45) is 7.22. The maximum Gasteiger partial charge on any atom is 0.0456 e. The topological polar surface area (TPSA) is 31.1 Å². The molecule has 1 fully saturated rings. The fourth-order valence-corrected chi connectivity index (χ4v) is 3.43. The Morgan fingerprint density at radius 3 is 3.05 bits per heavy atom. The first-order valence-electron chi connectivity index (χ1n) is 8.37. The van der Waals surface area contributed by atoms with Gasteiger partial charge in [-0.2, -0.15) is 0 Å². The molecule has 2 N–H and O–H groups in total. The molecular weight excluding hydrogens is 258 g/mol. The van der Waals surface area contributed by atoms with Gasteiger partial charge in [0, 0.05) is 23.1 Å². The van der Waals surface area contributed by atoms with E-state index < -0.39 is 0 Å². The summed E-state index contributed by atoms with van der Waals surface area (Å²) >= 11 is 0. The number of fused-ring (bicyclic) bond motifs is 1. The normalized spacial score (nSPS) is 20.7. The maximum absolute atomic E-state index is 3.77. The number of nitrogens with one attached hydrogen (secondary N) is 2. The third-order valence-corrected chi connectivity index (χ3v) is 4.77. The SMILES string of the molecule is CCN1CCCC(NCCc2c[nH]c3ccccc23)CC1. The summed E-state index contributed by atoms with van der Waals surface area (Å²) in [5.74, 6) is 0. The number of H-pyrrole nitrogens is 1. The zero-order valence-corrected chi connectivity index (χ0v) is 13.1. The highest BCUT2D eigenvalue weighted by molar-refractivity contribution is 5.83. The molecule has 1 aromatic heterocycles. The molecule has 114 valence electrons. The molecule has 1 aromatic carbocycles. The second kappa shape index (κ2) is 7.10. The molecule has 1 saturated heterocycles. The van der Waals surface area contributed by atoms with E-state index in [4.69, 9.17) is 0 Å². The molecule has 1 aliphatic rings. The fourth-order valence-electron chi connectivity index (χ4n) is 3.43. The molecule has 2 heterocycles. The van der Waals surface area contributed by atoms with E-state index in [1.165, 1.54) is 55.4 Å². The summed E-state index contributed by atoms with van der Waals surface area (Å²) in [5.41, 5.74) is 2.68. The van der Waals surface area contributed by atoms with Crippen molar-refractivity contribution in [1.82, 2.24) is 15.2 Å². The van der Waals surface area contributed by atoms with Crippen molar-refractivity contribution in [2.75, 3.05) is 26.2 Å². The van der Waals surface area contributed by atoms with Crippen molar-refractivity contribution in [3.63, 3.8) is 0 Å². The van der Waals surface area contributed by atoms with Crippen LogP contribution in [-0.2, 0) is 6.42 Å². The highest BCUT2D eigenvalue weighted by Gasteiger charge is 2.15. The van der Waals surface area contributed by atoms with Crippen molar-refractivity contribution >= 4 is 10.9 Å². The van der Waals surface area contributed by atoms with Gasteiger partial charge in [-0.25, -0.2) is 0 Å². The lowest BCUT2D eigenvalue weighted by molar-refractivity contribution is 0.297. The Labute approximate surface area is 127 Å². The third kappa shape index (κ3) is 3.66. The van der Waals surface area contributed by atoms with Crippen molar-refractivity contribution < 1.29 is 0 Å². The van der Waals surface area contributed by atoms with Crippen LogP contribution >= 0.6 is 0 Å². The number of likely N-dealkylation sites (tertiary alicyclic amines) is 1. The number of hydrogen-bond acceptors (Lipinski definition) is 2. The number of aromatic nitrogens is 1. The van der Waals surface area contributed by atoms with E-state index in [-0.39, 0.29) is 0 Å². The molecule has 1 unspecified atom stereocenters. The number of rotatable bonds is 5. The van der Waals surface area contributed by atoms with Gasteiger partial charge in [0.05, 0.1) is 0 Å². The maximum atomic E-state index is 3.77. The molecule has 0 aliphatic carbocycles. The molecule has 3 rings (SSSR count). The first-order chi connectivity index (χ1) is 10.4. The van der Waals surface area contributed by atoms with Gasteiger partial charge in [-0.1, -0.05) is 25.1 Å². The molecule has 0 saturated carbocycles. The van der Waals surface area contributed by atoms with Gasteiger partial charge in [-0.05, 0) is 63.5 Å². The largest absolute Gasteiger partial charge is 0.361 e. The molecule has 3 heteroatoms. The van der Waals surface area contributed by atoms with Crippen LogP contribution in [0.2, 0.25) is 0 Å². The first-order valence-corrected chi connectivity index (χ1v) is 8.37. The monoisotopic (exact) mass is 285 g/mol. The Balaban J connectivity index is 1.49. The third-order valence-electron chi connectivity index (χ3n) is 4.77. The highest BCUT2D eigenvalue weighted by atomic mass is 15.1. The second-order valence-corrected chi connectivity index (χ2v) is 6.13. The van der Waals surface area contributed by atoms with Crippen LogP contribution in [-0.4, -0.2) is 42.1 Å². The fraction of sp³-hybridized carbons (Fsp3) is 0.556. The average Bonchev–Trinajstić information content (AvgIpc) is 2.78. The lowest BCUT2D eigenvalue weighted by atomic mass is 10.1. The van der Waals surface area contributed by atoms with E-state index >= 15 is 0 Å². The van der Waals surface area contributed by atoms with Gasteiger partial charge >= 0.3 is 0 Å². The Morgan fingerprint density at radius 1 is 1.24 bits per heavy atom. The van der Waals surface area contributed by atoms with Crippen LogP contribution < -0.4 is 5.32 Å². The Morgan fingerprint density at radius 2 is 2.14 bits per heavy atom. The number of para-hydroxylation sites is 1. The number of benzene rings is 1. The minimum Gasteiger partial charge on any atom is -0.361 e. The van der Waals surface area contributed by atoms with Gasteiger partial charge in [0.25, 0.3) is 0 Å². The minimum atomic E-state index is 0.701. The molecule has 1 aliphatic heterocycles. The van der Waals surface area contributed by atoms with Gasteiger partial charge in [0.15, 0.2) is 0 Å². The quantitative estimate of drug-likeness (QED) is 0.884. The van der Waals surface area contributed by atoms with E-state index in [9.17, 15) is 0 Å². The first kappa shape index (κ1) is 14.6. The van der Waals surface area contributed by atoms with Crippen LogP contribution in [0.3, 0.4) is 0 Å². The van der Waals surface area contributed by atoms with Gasteiger partial charge < -0.3 is 15.2 Å². The molecule has 1 atom stereocenters. The van der Waals surface area contributed by atoms with E-state index in [1.54, 1.807) is 0 Å². The summed E-state index contributed by atoms with van der Waals surface area (Å²) in [7, 11) is 0. The Kier molecular flexibility index (Phi) is 4.94. The lowest BCUT2D eigenvalue weighted by Gasteiger charge is -2.18. The lowest BCUT2D eigenvalue weighted by Crippen LogP contribution is -2.32. The van der Waals surface area contributed by atoms with E-state index in [0.717, 1.165) is 13.0 Å². The molecule has 3 nitrogen and oxygen atoms in total. The second-order valence-electron chi connectivity index (χ2n) is 6.13. The minimum absolute atomic E-state index is 0.701. The predicted molar refractivity (Wildman–Crippen MR) is 89.8 cm³/mol. The van der Waals surface area contributed by atoms with Crippen LogP contribution in [0.4, 0.5) is 0 Å². The van der Waals surface area contributed by atoms with Crippen LogP contribution in [0.15, 0.2) is 30.5 Å². The predicted octanol–water partition coefficient (Wildman–Crippen LogP) is 3.17.